The fraction of sp³-hybridized carbons (Fsp3) is 0.789. The van der Waals surface area contributed by atoms with Gasteiger partial charge in [0.25, 0.3) is 0 Å². The van der Waals surface area contributed by atoms with Crippen LogP contribution in [0, 0.1) is 18.8 Å². The normalized spacial score (nSPS) is 31.1. The van der Waals surface area contributed by atoms with E-state index >= 15 is 0 Å². The molecule has 24 heavy (non-hydrogen) atoms. The largest absolute Gasteiger partial charge is 0.378 e. The number of nitrogens with zero attached hydrogens (tertiary/aromatic N) is 2. The van der Waals surface area contributed by atoms with Gasteiger partial charge in [-0.25, -0.2) is 9.97 Å². The van der Waals surface area contributed by atoms with Crippen LogP contribution in [0.2, 0.25) is 0 Å². The van der Waals surface area contributed by atoms with Crippen LogP contribution in [0.5, 0.6) is 0 Å². The van der Waals surface area contributed by atoms with E-state index in [0.29, 0.717) is 17.9 Å². The van der Waals surface area contributed by atoms with Crippen LogP contribution in [0.4, 0.5) is 0 Å². The summed E-state index contributed by atoms with van der Waals surface area (Å²) in [6.45, 7) is 6.61. The van der Waals surface area contributed by atoms with Gasteiger partial charge in [-0.3, -0.25) is 0 Å². The number of ether oxygens (including phenoxy) is 3. The quantitative estimate of drug-likeness (QED) is 0.799. The van der Waals surface area contributed by atoms with Crippen molar-refractivity contribution < 1.29 is 14.2 Å². The lowest BCUT2D eigenvalue weighted by Crippen LogP contribution is -2.32. The Hall–Kier alpha value is -1.04. The Morgan fingerprint density at radius 2 is 1.71 bits per heavy atom. The summed E-state index contributed by atoms with van der Waals surface area (Å²) in [5.41, 5.74) is 1.20. The highest BCUT2D eigenvalue weighted by atomic mass is 16.7. The zero-order valence-electron chi connectivity index (χ0n) is 14.9. The van der Waals surface area contributed by atoms with Crippen molar-refractivity contribution in [1.82, 2.24) is 9.97 Å². The van der Waals surface area contributed by atoms with Crippen LogP contribution < -0.4 is 0 Å². The molecule has 5 nitrogen and oxygen atoms in total. The molecule has 2 saturated heterocycles. The van der Waals surface area contributed by atoms with Gasteiger partial charge in [0.2, 0.25) is 0 Å². The molecule has 2 aliphatic rings. The molecule has 2 atom stereocenters. The molecule has 134 valence electrons. The van der Waals surface area contributed by atoms with Crippen molar-refractivity contribution in [3.63, 3.8) is 0 Å². The first kappa shape index (κ1) is 17.8. The molecule has 0 bridgehead atoms. The van der Waals surface area contributed by atoms with Crippen LogP contribution in [0.1, 0.15) is 50.4 Å². The molecule has 2 aliphatic heterocycles. The summed E-state index contributed by atoms with van der Waals surface area (Å²) < 4.78 is 17.5. The van der Waals surface area contributed by atoms with E-state index in [4.69, 9.17) is 14.2 Å². The van der Waals surface area contributed by atoms with Crippen LogP contribution in [0.25, 0.3) is 0 Å². The first-order valence-corrected chi connectivity index (χ1v) is 9.31. The highest BCUT2D eigenvalue weighted by Crippen LogP contribution is 2.27. The van der Waals surface area contributed by atoms with Gasteiger partial charge in [0.05, 0.1) is 19.3 Å². The van der Waals surface area contributed by atoms with Gasteiger partial charge in [0, 0.05) is 24.9 Å². The van der Waals surface area contributed by atoms with Crippen molar-refractivity contribution >= 4 is 0 Å². The fourth-order valence-corrected chi connectivity index (χ4v) is 3.37. The lowest BCUT2D eigenvalue weighted by Gasteiger charge is -2.31. The summed E-state index contributed by atoms with van der Waals surface area (Å²) in [5, 5.41) is 0. The predicted octanol–water partition coefficient (Wildman–Crippen LogP) is 3.30. The first-order chi connectivity index (χ1) is 11.7. The zero-order chi connectivity index (χ0) is 16.8. The van der Waals surface area contributed by atoms with E-state index in [-0.39, 0.29) is 6.29 Å². The predicted molar refractivity (Wildman–Crippen MR) is 91.6 cm³/mol. The van der Waals surface area contributed by atoms with Crippen molar-refractivity contribution in [3.05, 3.63) is 23.8 Å². The average Bonchev–Trinajstić information content (AvgIpc) is 2.62. The highest BCUT2D eigenvalue weighted by Gasteiger charge is 2.24. The number of hydrogen-bond acceptors (Lipinski definition) is 5. The molecule has 1 aromatic rings. The molecule has 0 aromatic carbocycles. The van der Waals surface area contributed by atoms with Crippen LogP contribution in [-0.4, -0.2) is 42.2 Å². The molecule has 0 N–H and O–H groups in total. The Kier molecular flexibility index (Phi) is 6.58. The molecule has 2 fully saturated rings. The third-order valence-electron chi connectivity index (χ3n) is 5.00. The smallest absolute Gasteiger partial charge is 0.157 e. The van der Waals surface area contributed by atoms with Gasteiger partial charge < -0.3 is 14.2 Å². The van der Waals surface area contributed by atoms with E-state index in [1.165, 1.54) is 12.0 Å². The van der Waals surface area contributed by atoms with Crippen molar-refractivity contribution in [3.8, 4) is 0 Å². The Bertz CT molecular complexity index is 478. The van der Waals surface area contributed by atoms with Gasteiger partial charge in [-0.2, -0.15) is 0 Å². The van der Waals surface area contributed by atoms with Gasteiger partial charge in [-0.1, -0.05) is 6.92 Å². The van der Waals surface area contributed by atoms with Crippen LogP contribution in [0.3, 0.4) is 0 Å². The molecule has 3 heterocycles. The minimum absolute atomic E-state index is 0.000427. The summed E-state index contributed by atoms with van der Waals surface area (Å²) in [4.78, 5) is 8.51. The SMILES string of the molecule is Cc1ncc(CCC2CCC(CCC3OCC(C)CO3)CO2)cn1. The molecule has 0 amide bonds. The molecule has 5 heteroatoms. The van der Waals surface area contributed by atoms with Crippen LogP contribution in [-0.2, 0) is 20.6 Å². The summed E-state index contributed by atoms with van der Waals surface area (Å²) in [7, 11) is 0. The van der Waals surface area contributed by atoms with Gasteiger partial charge in [0.1, 0.15) is 5.82 Å². The van der Waals surface area contributed by atoms with E-state index in [9.17, 15) is 0 Å². The fourth-order valence-electron chi connectivity index (χ4n) is 3.37. The summed E-state index contributed by atoms with van der Waals surface area (Å²) in [6, 6.07) is 0. The summed E-state index contributed by atoms with van der Waals surface area (Å²) in [5.74, 6) is 2.00. The third-order valence-corrected chi connectivity index (χ3v) is 5.00. The maximum absolute atomic E-state index is 6.07. The van der Waals surface area contributed by atoms with E-state index in [1.54, 1.807) is 0 Å². The monoisotopic (exact) mass is 334 g/mol. The topological polar surface area (TPSA) is 53.5 Å². The van der Waals surface area contributed by atoms with Crippen molar-refractivity contribution in [2.45, 2.75) is 64.8 Å². The molecule has 0 radical (unpaired) electrons. The molecule has 1 aromatic heterocycles. The number of hydrogen-bond donors (Lipinski definition) is 0. The van der Waals surface area contributed by atoms with E-state index in [2.05, 4.69) is 16.9 Å². The second kappa shape index (κ2) is 8.88. The molecular formula is C19H30N2O3. The van der Waals surface area contributed by atoms with Crippen LogP contribution in [0.15, 0.2) is 12.4 Å². The zero-order valence-corrected chi connectivity index (χ0v) is 14.9. The lowest BCUT2D eigenvalue weighted by molar-refractivity contribution is -0.202. The average molecular weight is 334 g/mol. The Morgan fingerprint density at radius 1 is 0.958 bits per heavy atom. The summed E-state index contributed by atoms with van der Waals surface area (Å²) >= 11 is 0. The highest BCUT2D eigenvalue weighted by molar-refractivity contribution is 5.05. The van der Waals surface area contributed by atoms with Crippen molar-refractivity contribution in [2.24, 2.45) is 11.8 Å². The standard InChI is InChI=1S/C19H30N2O3/c1-14-11-23-19(24-12-14)8-5-16-3-6-18(22-13-16)7-4-17-9-20-15(2)21-10-17/h9-10,14,16,18-19H,3-8,11-13H2,1-2H3. The molecule has 0 spiro atoms. The first-order valence-electron chi connectivity index (χ1n) is 9.31. The van der Waals surface area contributed by atoms with Gasteiger partial charge in [-0.15, -0.1) is 0 Å². The van der Waals surface area contributed by atoms with Crippen molar-refractivity contribution in [2.75, 3.05) is 19.8 Å². The maximum Gasteiger partial charge on any atom is 0.157 e. The molecule has 3 rings (SSSR count). The second-order valence-corrected chi connectivity index (χ2v) is 7.35. The third kappa shape index (κ3) is 5.50. The summed E-state index contributed by atoms with van der Waals surface area (Å²) in [6.07, 6.45) is 10.8. The van der Waals surface area contributed by atoms with Crippen molar-refractivity contribution in [1.29, 1.82) is 0 Å². The Labute approximate surface area is 145 Å². The number of aromatic nitrogens is 2. The van der Waals surface area contributed by atoms with E-state index < -0.39 is 0 Å². The molecule has 2 unspecified atom stereocenters. The van der Waals surface area contributed by atoms with Gasteiger partial charge in [-0.05, 0) is 56.9 Å². The Morgan fingerprint density at radius 3 is 2.38 bits per heavy atom. The number of aryl methyl sites for hydroxylation is 2. The van der Waals surface area contributed by atoms with Gasteiger partial charge >= 0.3 is 0 Å². The van der Waals surface area contributed by atoms with E-state index in [1.807, 2.05) is 19.3 Å². The maximum atomic E-state index is 6.07. The van der Waals surface area contributed by atoms with Gasteiger partial charge in [0.15, 0.2) is 6.29 Å². The molecular weight excluding hydrogens is 304 g/mol. The minimum Gasteiger partial charge on any atom is -0.378 e. The van der Waals surface area contributed by atoms with Crippen LogP contribution >= 0.6 is 0 Å². The molecule has 0 aliphatic carbocycles. The second-order valence-electron chi connectivity index (χ2n) is 7.35. The van der Waals surface area contributed by atoms with E-state index in [0.717, 1.165) is 57.7 Å². The lowest BCUT2D eigenvalue weighted by atomic mass is 9.92. The Balaban J connectivity index is 1.30. The molecule has 0 saturated carbocycles. The minimum atomic E-state index is 0.000427. The number of rotatable bonds is 6.